The van der Waals surface area contributed by atoms with E-state index in [4.69, 9.17) is 5.11 Å². The summed E-state index contributed by atoms with van der Waals surface area (Å²) in [6.07, 6.45) is 1.08. The van der Waals surface area contributed by atoms with Crippen LogP contribution >= 0.6 is 0 Å². The van der Waals surface area contributed by atoms with Crippen LogP contribution in [0.5, 0.6) is 0 Å². The summed E-state index contributed by atoms with van der Waals surface area (Å²) in [5, 5.41) is 12.1. The Balaban J connectivity index is 2.83. The summed E-state index contributed by atoms with van der Waals surface area (Å²) in [5.74, 6) is -0.781. The molecule has 9 heavy (non-hydrogen) atoms. The number of aliphatic carboxylic acids is 1. The molecule has 1 unspecified atom stereocenters. The van der Waals surface area contributed by atoms with Crippen LogP contribution in [0.3, 0.4) is 0 Å². The topological polar surface area (TPSA) is 49.3 Å². The van der Waals surface area contributed by atoms with Crippen molar-refractivity contribution in [1.82, 2.24) is 5.32 Å². The second kappa shape index (κ2) is 6.11. The van der Waals surface area contributed by atoms with Crippen LogP contribution in [0.15, 0.2) is 0 Å². The first kappa shape index (κ1) is 8.99. The second-order valence-electron chi connectivity index (χ2n) is 1.71. The van der Waals surface area contributed by atoms with Crippen molar-refractivity contribution in [2.45, 2.75) is 11.6 Å². The van der Waals surface area contributed by atoms with Gasteiger partial charge < -0.3 is 0 Å². The first-order valence-electron chi connectivity index (χ1n) is 2.90. The van der Waals surface area contributed by atoms with Gasteiger partial charge in [0.1, 0.15) is 0 Å². The van der Waals surface area contributed by atoms with E-state index in [9.17, 15) is 4.79 Å². The minimum atomic E-state index is -0.781. The predicted molar refractivity (Wildman–Crippen MR) is 38.5 cm³/mol. The first-order valence-corrected chi connectivity index (χ1v) is 4.61. The number of carboxylic acids is 1. The molecule has 2 N–H and O–H groups in total. The van der Waals surface area contributed by atoms with Gasteiger partial charge in [0.25, 0.3) is 0 Å². The number of carbonyl (C=O) groups is 1. The first-order chi connectivity index (χ1) is 4.27. The number of carboxylic acid groups (broad SMARTS) is 1. The molecular formula is C5H12AsNO2. The van der Waals surface area contributed by atoms with Gasteiger partial charge in [0.05, 0.1) is 0 Å². The van der Waals surface area contributed by atoms with Crippen molar-refractivity contribution in [3.63, 3.8) is 0 Å². The van der Waals surface area contributed by atoms with E-state index >= 15 is 0 Å². The average Bonchev–Trinajstić information content (AvgIpc) is 1.80. The standard InChI is InChI=1S/C5H12AsNO2/c6-2-1-3-7-4-5(8)9/h7H,1-4,6H2,(H,8,9). The Bertz CT molecular complexity index is 87.0. The fraction of sp³-hybridized carbons (Fsp3) is 0.800. The summed E-state index contributed by atoms with van der Waals surface area (Å²) < 4.78 is 0. The maximum atomic E-state index is 9.90. The zero-order chi connectivity index (χ0) is 7.11. The van der Waals surface area contributed by atoms with Crippen LogP contribution in [0.2, 0.25) is 5.21 Å². The second-order valence-corrected chi connectivity index (χ2v) is 2.92. The zero-order valence-electron chi connectivity index (χ0n) is 5.26. The minimum absolute atomic E-state index is 0.0903. The van der Waals surface area contributed by atoms with Gasteiger partial charge >= 0.3 is 62.8 Å². The summed E-state index contributed by atoms with van der Waals surface area (Å²) in [5.41, 5.74) is 0. The molecule has 3 nitrogen and oxygen atoms in total. The zero-order valence-corrected chi connectivity index (χ0v) is 7.68. The van der Waals surface area contributed by atoms with Gasteiger partial charge in [-0.1, -0.05) is 0 Å². The van der Waals surface area contributed by atoms with E-state index in [-0.39, 0.29) is 6.54 Å². The predicted octanol–water partition coefficient (Wildman–Crippen LogP) is -0.898. The maximum absolute atomic E-state index is 9.90. The Hall–Kier alpha value is -0.0116. The molecule has 0 spiro atoms. The molecule has 0 amide bonds. The van der Waals surface area contributed by atoms with Gasteiger partial charge in [-0.05, 0) is 0 Å². The Kier molecular flexibility index (Phi) is 6.11. The molecule has 0 aliphatic heterocycles. The molecule has 0 aromatic rings. The van der Waals surface area contributed by atoms with Gasteiger partial charge in [-0.25, -0.2) is 0 Å². The van der Waals surface area contributed by atoms with Gasteiger partial charge in [-0.15, -0.1) is 0 Å². The Labute approximate surface area is 63.3 Å². The van der Waals surface area contributed by atoms with E-state index in [2.05, 4.69) is 5.32 Å². The molecule has 0 saturated carbocycles. The van der Waals surface area contributed by atoms with Crippen molar-refractivity contribution >= 4 is 22.8 Å². The summed E-state index contributed by atoms with van der Waals surface area (Å²) in [6, 6.07) is 0. The molecule has 0 fully saturated rings. The molecule has 0 bridgehead atoms. The van der Waals surface area contributed by atoms with Crippen LogP contribution in [0, 0.1) is 0 Å². The molecule has 0 radical (unpaired) electrons. The third-order valence-corrected chi connectivity index (χ3v) is 1.69. The van der Waals surface area contributed by atoms with Gasteiger partial charge in [0.2, 0.25) is 0 Å². The fourth-order valence-electron chi connectivity index (χ4n) is 0.422. The van der Waals surface area contributed by atoms with E-state index in [0.29, 0.717) is 0 Å². The molecule has 0 rings (SSSR count). The Morgan fingerprint density at radius 3 is 2.78 bits per heavy atom. The van der Waals surface area contributed by atoms with Gasteiger partial charge in [0.15, 0.2) is 0 Å². The third kappa shape index (κ3) is 7.99. The number of hydrogen-bond acceptors (Lipinski definition) is 2. The van der Waals surface area contributed by atoms with Crippen molar-refractivity contribution in [3.05, 3.63) is 0 Å². The summed E-state index contributed by atoms with van der Waals surface area (Å²) in [6.45, 7) is 0.914. The fourth-order valence-corrected chi connectivity index (χ4v) is 0.851. The van der Waals surface area contributed by atoms with Crippen LogP contribution in [0.4, 0.5) is 0 Å². The monoisotopic (exact) mass is 193 g/mol. The van der Waals surface area contributed by atoms with Crippen molar-refractivity contribution in [3.8, 4) is 0 Å². The van der Waals surface area contributed by atoms with Crippen molar-refractivity contribution < 1.29 is 9.90 Å². The molecule has 0 aromatic carbocycles. The number of nitrogens with one attached hydrogen (secondary N) is 1. The molecule has 0 aliphatic rings. The van der Waals surface area contributed by atoms with Crippen LogP contribution in [-0.2, 0) is 4.79 Å². The van der Waals surface area contributed by atoms with E-state index < -0.39 is 5.97 Å². The summed E-state index contributed by atoms with van der Waals surface area (Å²) >= 11 is 1.69. The van der Waals surface area contributed by atoms with E-state index in [1.807, 2.05) is 0 Å². The van der Waals surface area contributed by atoms with Gasteiger partial charge in [-0.2, -0.15) is 0 Å². The van der Waals surface area contributed by atoms with Crippen molar-refractivity contribution in [2.24, 2.45) is 0 Å². The van der Waals surface area contributed by atoms with Crippen LogP contribution in [0.25, 0.3) is 0 Å². The summed E-state index contributed by atoms with van der Waals surface area (Å²) in [7, 11) is 0. The molecule has 0 aromatic heterocycles. The molecule has 0 saturated heterocycles. The van der Waals surface area contributed by atoms with Crippen molar-refractivity contribution in [1.29, 1.82) is 0 Å². The molecule has 54 valence electrons. The quantitative estimate of drug-likeness (QED) is 0.439. The van der Waals surface area contributed by atoms with Gasteiger partial charge in [-0.3, -0.25) is 0 Å². The average molecular weight is 193 g/mol. The van der Waals surface area contributed by atoms with Crippen LogP contribution in [0.1, 0.15) is 6.42 Å². The molecule has 0 aliphatic carbocycles. The normalized spacial score (nSPS) is 9.44. The molecule has 4 heteroatoms. The van der Waals surface area contributed by atoms with Crippen molar-refractivity contribution in [2.75, 3.05) is 13.1 Å². The van der Waals surface area contributed by atoms with E-state index in [1.54, 1.807) is 16.9 Å². The van der Waals surface area contributed by atoms with Crippen LogP contribution < -0.4 is 5.32 Å². The van der Waals surface area contributed by atoms with Crippen LogP contribution in [-0.4, -0.2) is 41.0 Å². The Morgan fingerprint density at radius 2 is 2.33 bits per heavy atom. The van der Waals surface area contributed by atoms with E-state index in [1.165, 1.54) is 5.21 Å². The molecule has 1 atom stereocenters. The van der Waals surface area contributed by atoms with Gasteiger partial charge in [0, 0.05) is 0 Å². The number of hydrogen-bond donors (Lipinski definition) is 2. The number of rotatable bonds is 5. The third-order valence-electron chi connectivity index (χ3n) is 0.834. The Morgan fingerprint density at radius 1 is 1.67 bits per heavy atom. The molecular weight excluding hydrogens is 181 g/mol. The summed E-state index contributed by atoms with van der Waals surface area (Å²) in [4.78, 5) is 9.90. The SMILES string of the molecule is O=C(O)CNCCC[AsH2]. The van der Waals surface area contributed by atoms with E-state index in [0.717, 1.165) is 13.0 Å². The molecule has 0 heterocycles.